The average Bonchev–Trinajstić information content (AvgIpc) is 3.02. The molecule has 0 aliphatic rings. The van der Waals surface area contributed by atoms with Crippen molar-refractivity contribution in [2.75, 3.05) is 0 Å². The Morgan fingerprint density at radius 2 is 1.95 bits per heavy atom. The van der Waals surface area contributed by atoms with E-state index in [1.165, 1.54) is 0 Å². The van der Waals surface area contributed by atoms with Crippen LogP contribution in [-0.4, -0.2) is 25.3 Å². The molecule has 2 aromatic heterocycles. The van der Waals surface area contributed by atoms with Crippen LogP contribution in [0.3, 0.4) is 0 Å². The number of carbonyl (C=O) groups excluding carboxylic acids is 1. The summed E-state index contributed by atoms with van der Waals surface area (Å²) in [6.45, 7) is 6.80. The molecule has 0 fully saturated rings. The number of Topliss-reactive ketones (excluding diaryl/α,β-unsaturated/α-hetero) is 1. The molecule has 0 aromatic carbocycles. The Hall–Kier alpha value is -1.43. The molecule has 0 bridgehead atoms. The van der Waals surface area contributed by atoms with Gasteiger partial charge in [-0.15, -0.1) is 0 Å². The molecule has 6 heteroatoms. The highest BCUT2D eigenvalue weighted by Gasteiger charge is 2.20. The summed E-state index contributed by atoms with van der Waals surface area (Å²) in [5, 5.41) is 8.87. The Balaban J connectivity index is 2.30. The lowest BCUT2D eigenvalue weighted by atomic mass is 10.1. The Kier molecular flexibility index (Phi) is 4.98. The molecule has 0 N–H and O–H groups in total. The highest BCUT2D eigenvalue weighted by atomic mass is 79.9. The van der Waals surface area contributed by atoms with Crippen molar-refractivity contribution in [3.8, 4) is 0 Å². The number of hydrogen-bond acceptors (Lipinski definition) is 3. The van der Waals surface area contributed by atoms with Crippen LogP contribution in [0.5, 0.6) is 0 Å². The minimum atomic E-state index is 0.0791. The van der Waals surface area contributed by atoms with E-state index >= 15 is 0 Å². The molecule has 5 nitrogen and oxygen atoms in total. The largest absolute Gasteiger partial charge is 0.292 e. The van der Waals surface area contributed by atoms with Crippen LogP contribution >= 0.6 is 15.9 Å². The minimum Gasteiger partial charge on any atom is -0.292 e. The van der Waals surface area contributed by atoms with E-state index in [2.05, 4.69) is 33.1 Å². The molecule has 0 saturated carbocycles. The summed E-state index contributed by atoms with van der Waals surface area (Å²) in [5.41, 5.74) is 3.54. The molecule has 0 saturated heterocycles. The lowest BCUT2D eigenvalue weighted by molar-refractivity contribution is 0.0980. The zero-order valence-electron chi connectivity index (χ0n) is 13.0. The average molecular weight is 353 g/mol. The summed E-state index contributed by atoms with van der Waals surface area (Å²) < 4.78 is 4.51. The molecule has 0 spiro atoms. The van der Waals surface area contributed by atoms with Crippen molar-refractivity contribution in [3.63, 3.8) is 0 Å². The van der Waals surface area contributed by atoms with E-state index in [-0.39, 0.29) is 5.78 Å². The van der Waals surface area contributed by atoms with E-state index in [4.69, 9.17) is 0 Å². The van der Waals surface area contributed by atoms with Gasteiger partial charge in [-0.2, -0.15) is 10.2 Å². The van der Waals surface area contributed by atoms with Gasteiger partial charge in [-0.1, -0.05) is 13.8 Å². The van der Waals surface area contributed by atoms with Crippen LogP contribution in [0, 0.1) is 0 Å². The van der Waals surface area contributed by atoms with Gasteiger partial charge in [-0.3, -0.25) is 14.2 Å². The maximum atomic E-state index is 12.6. The van der Waals surface area contributed by atoms with Crippen molar-refractivity contribution in [1.29, 1.82) is 0 Å². The Morgan fingerprint density at radius 1 is 1.24 bits per heavy atom. The topological polar surface area (TPSA) is 52.7 Å². The lowest BCUT2D eigenvalue weighted by Crippen LogP contribution is -2.13. The van der Waals surface area contributed by atoms with E-state index in [1.807, 2.05) is 27.0 Å². The third-order valence-electron chi connectivity index (χ3n) is 3.61. The molecule has 21 heavy (non-hydrogen) atoms. The van der Waals surface area contributed by atoms with E-state index in [9.17, 15) is 4.79 Å². The fourth-order valence-electron chi connectivity index (χ4n) is 2.36. The molecule has 0 radical (unpaired) electrons. The fraction of sp³-hybridized carbons (Fsp3) is 0.533. The third kappa shape index (κ3) is 3.10. The molecule has 2 heterocycles. The Labute approximate surface area is 133 Å². The number of rotatable bonds is 6. The van der Waals surface area contributed by atoms with Gasteiger partial charge in [-0.05, 0) is 41.8 Å². The summed E-state index contributed by atoms with van der Waals surface area (Å²) >= 11 is 3.56. The minimum absolute atomic E-state index is 0.0791. The van der Waals surface area contributed by atoms with Crippen molar-refractivity contribution >= 4 is 21.7 Å². The molecule has 114 valence electrons. The van der Waals surface area contributed by atoms with Crippen LogP contribution in [0.1, 0.15) is 48.3 Å². The van der Waals surface area contributed by atoms with Gasteiger partial charge >= 0.3 is 0 Å². The van der Waals surface area contributed by atoms with Crippen LogP contribution in [0.2, 0.25) is 0 Å². The van der Waals surface area contributed by atoms with Gasteiger partial charge in [0.15, 0.2) is 5.78 Å². The van der Waals surface area contributed by atoms with Crippen molar-refractivity contribution < 1.29 is 4.79 Å². The zero-order chi connectivity index (χ0) is 15.6. The maximum absolute atomic E-state index is 12.6. The Bertz CT molecular complexity index is 657. The monoisotopic (exact) mass is 352 g/mol. The summed E-state index contributed by atoms with van der Waals surface area (Å²) in [6, 6.07) is 1.90. The van der Waals surface area contributed by atoms with Crippen LogP contribution in [0.15, 0.2) is 10.5 Å². The quantitative estimate of drug-likeness (QED) is 0.751. The fourth-order valence-corrected chi connectivity index (χ4v) is 3.12. The molecule has 0 aliphatic carbocycles. The molecular formula is C15H21BrN4O. The molecule has 0 amide bonds. The summed E-state index contributed by atoms with van der Waals surface area (Å²) in [4.78, 5) is 12.6. The van der Waals surface area contributed by atoms with E-state index < -0.39 is 0 Å². The highest BCUT2D eigenvalue weighted by molar-refractivity contribution is 9.10. The zero-order valence-corrected chi connectivity index (χ0v) is 14.6. The number of hydrogen-bond donors (Lipinski definition) is 0. The second-order valence-electron chi connectivity index (χ2n) is 4.97. The number of aromatic nitrogens is 4. The number of ketones is 1. The van der Waals surface area contributed by atoms with Gasteiger partial charge in [-0.25, -0.2) is 0 Å². The van der Waals surface area contributed by atoms with Crippen molar-refractivity contribution in [3.05, 3.63) is 33.3 Å². The summed E-state index contributed by atoms with van der Waals surface area (Å²) in [7, 11) is 1.88. The normalized spacial score (nSPS) is 11.1. The highest BCUT2D eigenvalue weighted by Crippen LogP contribution is 2.23. The number of carbonyl (C=O) groups is 1. The molecule has 2 rings (SSSR count). The number of halogens is 1. The van der Waals surface area contributed by atoms with Gasteiger partial charge in [0.1, 0.15) is 5.69 Å². The standard InChI is InChI=1S/C15H21BrN4O/c1-5-10-8-12(20(7-3)17-10)14(21)9-13-15(16)11(6-2)18-19(13)4/h8H,5-7,9H2,1-4H3. The van der Waals surface area contributed by atoms with Crippen LogP contribution in [0.25, 0.3) is 0 Å². The van der Waals surface area contributed by atoms with Crippen molar-refractivity contribution in [2.24, 2.45) is 7.05 Å². The lowest BCUT2D eigenvalue weighted by Gasteiger charge is -2.05. The first-order chi connectivity index (χ1) is 10.0. The first kappa shape index (κ1) is 15.9. The van der Waals surface area contributed by atoms with Crippen LogP contribution in [0.4, 0.5) is 0 Å². The van der Waals surface area contributed by atoms with Gasteiger partial charge in [0, 0.05) is 13.6 Å². The molecule has 0 aliphatic heterocycles. The van der Waals surface area contributed by atoms with Gasteiger partial charge in [0.2, 0.25) is 0 Å². The van der Waals surface area contributed by atoms with Crippen molar-refractivity contribution in [1.82, 2.24) is 19.6 Å². The van der Waals surface area contributed by atoms with Gasteiger partial charge in [0.25, 0.3) is 0 Å². The molecule has 2 aromatic rings. The van der Waals surface area contributed by atoms with E-state index in [0.29, 0.717) is 18.7 Å². The van der Waals surface area contributed by atoms with Crippen LogP contribution in [-0.2, 0) is 32.9 Å². The Morgan fingerprint density at radius 3 is 2.48 bits per heavy atom. The number of aryl methyl sites for hydroxylation is 4. The van der Waals surface area contributed by atoms with Gasteiger partial charge < -0.3 is 0 Å². The predicted octanol–water partition coefficient (Wildman–Crippen LogP) is 2.95. The van der Waals surface area contributed by atoms with Gasteiger partial charge in [0.05, 0.1) is 28.0 Å². The molecule has 0 atom stereocenters. The van der Waals surface area contributed by atoms with Crippen molar-refractivity contribution in [2.45, 2.75) is 46.6 Å². The first-order valence-corrected chi connectivity index (χ1v) is 8.11. The number of nitrogens with zero attached hydrogens (tertiary/aromatic N) is 4. The summed E-state index contributed by atoms with van der Waals surface area (Å²) in [5.74, 6) is 0.0791. The predicted molar refractivity (Wildman–Crippen MR) is 85.6 cm³/mol. The third-order valence-corrected chi connectivity index (χ3v) is 4.52. The smallest absolute Gasteiger partial charge is 0.186 e. The first-order valence-electron chi connectivity index (χ1n) is 7.31. The SMILES string of the molecule is CCc1cc(C(=O)Cc2c(Br)c(CC)nn2C)n(CC)n1. The second-order valence-corrected chi connectivity index (χ2v) is 5.77. The second kappa shape index (κ2) is 6.56. The summed E-state index contributed by atoms with van der Waals surface area (Å²) in [6.07, 6.45) is 2.01. The van der Waals surface area contributed by atoms with E-state index in [0.717, 1.165) is 34.4 Å². The van der Waals surface area contributed by atoms with E-state index in [1.54, 1.807) is 9.36 Å². The van der Waals surface area contributed by atoms with Crippen LogP contribution < -0.4 is 0 Å². The molecule has 0 unspecified atom stereocenters. The maximum Gasteiger partial charge on any atom is 0.186 e. The molecular weight excluding hydrogens is 332 g/mol.